The van der Waals surface area contributed by atoms with Crippen molar-refractivity contribution in [2.45, 2.75) is 32.7 Å². The van der Waals surface area contributed by atoms with E-state index in [1.807, 2.05) is 6.92 Å². The second kappa shape index (κ2) is 6.04. The molecule has 0 aliphatic heterocycles. The van der Waals surface area contributed by atoms with E-state index < -0.39 is 0 Å². The van der Waals surface area contributed by atoms with Gasteiger partial charge in [-0.3, -0.25) is 4.79 Å². The second-order valence-electron chi connectivity index (χ2n) is 2.51. The lowest BCUT2D eigenvalue weighted by molar-refractivity contribution is -0.123. The maximum Gasteiger partial charge on any atom is 0.156 e. The molecule has 0 heterocycles. The molecule has 0 radical (unpaired) electrons. The molecule has 1 N–H and O–H groups in total. The summed E-state index contributed by atoms with van der Waals surface area (Å²) in [6.07, 6.45) is 1.67. The number of rotatable bonds is 6. The van der Waals surface area contributed by atoms with Crippen molar-refractivity contribution in [2.75, 3.05) is 6.54 Å². The monoisotopic (exact) mass is 157 g/mol. The number of ketones is 1. The van der Waals surface area contributed by atoms with Crippen molar-refractivity contribution in [3.8, 4) is 0 Å². The molecule has 0 spiro atoms. The van der Waals surface area contributed by atoms with Gasteiger partial charge in [0.05, 0.1) is 12.5 Å². The van der Waals surface area contributed by atoms with Gasteiger partial charge in [-0.25, -0.2) is 0 Å². The Balaban J connectivity index is 3.54. The van der Waals surface area contributed by atoms with E-state index in [-0.39, 0.29) is 18.2 Å². The first-order valence-electron chi connectivity index (χ1n) is 3.92. The molecule has 1 atom stereocenters. The number of nitrogens with one attached hydrogen (secondary N) is 1. The fourth-order valence-electron chi connectivity index (χ4n) is 0.734. The minimum absolute atomic E-state index is 0.0257. The Morgan fingerprint density at radius 3 is 2.73 bits per heavy atom. The van der Waals surface area contributed by atoms with Crippen LogP contribution in [0.3, 0.4) is 0 Å². The number of carbonyl (C=O) groups excluding carboxylic acids is 2. The molecule has 0 aromatic rings. The predicted octanol–water partition coefficient (Wildman–Crippen LogP) is 0.533. The van der Waals surface area contributed by atoms with Crippen LogP contribution >= 0.6 is 0 Å². The third-order valence-electron chi connectivity index (χ3n) is 1.47. The number of aldehydes is 1. The van der Waals surface area contributed by atoms with Crippen LogP contribution in [0.25, 0.3) is 0 Å². The molecule has 0 aliphatic carbocycles. The van der Waals surface area contributed by atoms with Crippen molar-refractivity contribution < 1.29 is 9.59 Å². The van der Waals surface area contributed by atoms with Crippen LogP contribution in [0.2, 0.25) is 0 Å². The fourth-order valence-corrected chi connectivity index (χ4v) is 0.734. The lowest BCUT2D eigenvalue weighted by atomic mass is 10.1. The van der Waals surface area contributed by atoms with Gasteiger partial charge in [-0.05, 0) is 19.9 Å². The van der Waals surface area contributed by atoms with Gasteiger partial charge in [0.2, 0.25) is 0 Å². The van der Waals surface area contributed by atoms with E-state index in [2.05, 4.69) is 5.32 Å². The maximum absolute atomic E-state index is 11.0. The third kappa shape index (κ3) is 4.67. The molecule has 3 nitrogen and oxygen atoms in total. The van der Waals surface area contributed by atoms with Crippen molar-refractivity contribution in [1.29, 1.82) is 0 Å². The van der Waals surface area contributed by atoms with Crippen molar-refractivity contribution in [2.24, 2.45) is 0 Å². The minimum atomic E-state index is -0.180. The summed E-state index contributed by atoms with van der Waals surface area (Å²) in [6, 6.07) is -0.180. The topological polar surface area (TPSA) is 46.2 Å². The Kier molecular flexibility index (Phi) is 5.65. The van der Waals surface area contributed by atoms with E-state index in [4.69, 9.17) is 0 Å². The van der Waals surface area contributed by atoms with Crippen LogP contribution in [-0.2, 0) is 9.59 Å². The van der Waals surface area contributed by atoms with Gasteiger partial charge in [-0.1, -0.05) is 6.92 Å². The lowest BCUT2D eigenvalue weighted by Crippen LogP contribution is -2.34. The Morgan fingerprint density at radius 1 is 1.64 bits per heavy atom. The number of hydrogen-bond donors (Lipinski definition) is 1. The summed E-state index contributed by atoms with van der Waals surface area (Å²) in [5.41, 5.74) is 0. The summed E-state index contributed by atoms with van der Waals surface area (Å²) in [5, 5.41) is 3.01. The van der Waals surface area contributed by atoms with Crippen LogP contribution in [0.4, 0.5) is 0 Å². The standard InChI is InChI=1S/C8H15NO2/c1-3-5-9-7(2)8(11)4-6-10/h6-7,9H,3-5H2,1-2H3. The van der Waals surface area contributed by atoms with Gasteiger partial charge in [-0.2, -0.15) is 0 Å². The maximum atomic E-state index is 11.0. The van der Waals surface area contributed by atoms with E-state index in [0.29, 0.717) is 6.29 Å². The first kappa shape index (κ1) is 10.3. The number of carbonyl (C=O) groups is 2. The molecule has 0 bridgehead atoms. The Morgan fingerprint density at radius 2 is 2.27 bits per heavy atom. The molecular formula is C8H15NO2. The van der Waals surface area contributed by atoms with Crippen LogP contribution in [0.5, 0.6) is 0 Å². The molecule has 0 aromatic carbocycles. The molecule has 0 saturated carbocycles. The van der Waals surface area contributed by atoms with E-state index in [9.17, 15) is 9.59 Å². The Hall–Kier alpha value is -0.700. The van der Waals surface area contributed by atoms with Crippen LogP contribution in [0, 0.1) is 0 Å². The summed E-state index contributed by atoms with van der Waals surface area (Å²) >= 11 is 0. The summed E-state index contributed by atoms with van der Waals surface area (Å²) < 4.78 is 0. The first-order valence-corrected chi connectivity index (χ1v) is 3.92. The lowest BCUT2D eigenvalue weighted by Gasteiger charge is -2.09. The zero-order valence-electron chi connectivity index (χ0n) is 7.09. The van der Waals surface area contributed by atoms with Crippen molar-refractivity contribution >= 4 is 12.1 Å². The van der Waals surface area contributed by atoms with Crippen molar-refractivity contribution in [3.63, 3.8) is 0 Å². The Bertz CT molecular complexity index is 134. The summed E-state index contributed by atoms with van der Waals surface area (Å²) in [4.78, 5) is 20.9. The third-order valence-corrected chi connectivity index (χ3v) is 1.47. The van der Waals surface area contributed by atoms with Crippen molar-refractivity contribution in [3.05, 3.63) is 0 Å². The molecule has 0 rings (SSSR count). The molecule has 0 aliphatic rings. The normalized spacial score (nSPS) is 12.5. The first-order chi connectivity index (χ1) is 5.22. The highest BCUT2D eigenvalue weighted by Crippen LogP contribution is 1.88. The summed E-state index contributed by atoms with van der Waals surface area (Å²) in [5.74, 6) is -0.0338. The largest absolute Gasteiger partial charge is 0.308 e. The van der Waals surface area contributed by atoms with Crippen LogP contribution in [0.1, 0.15) is 26.7 Å². The Labute approximate surface area is 67.2 Å². The van der Waals surface area contributed by atoms with Gasteiger partial charge in [0.15, 0.2) is 5.78 Å². The number of hydrogen-bond acceptors (Lipinski definition) is 3. The van der Waals surface area contributed by atoms with Crippen LogP contribution in [-0.4, -0.2) is 24.7 Å². The predicted molar refractivity (Wildman–Crippen MR) is 43.4 cm³/mol. The highest BCUT2D eigenvalue weighted by molar-refractivity contribution is 5.93. The molecule has 1 unspecified atom stereocenters. The van der Waals surface area contributed by atoms with Gasteiger partial charge in [0, 0.05) is 0 Å². The van der Waals surface area contributed by atoms with Gasteiger partial charge in [0.25, 0.3) is 0 Å². The molecule has 0 saturated heterocycles. The average Bonchev–Trinajstić information content (AvgIpc) is 2.00. The van der Waals surface area contributed by atoms with E-state index >= 15 is 0 Å². The van der Waals surface area contributed by atoms with Gasteiger partial charge < -0.3 is 10.1 Å². The summed E-state index contributed by atoms with van der Waals surface area (Å²) in [7, 11) is 0. The molecule has 64 valence electrons. The van der Waals surface area contributed by atoms with Gasteiger partial charge in [-0.15, -0.1) is 0 Å². The number of Topliss-reactive ketones (excluding diaryl/α,β-unsaturated/α-hetero) is 1. The fraction of sp³-hybridized carbons (Fsp3) is 0.750. The molecule has 3 heteroatoms. The van der Waals surface area contributed by atoms with E-state index in [0.717, 1.165) is 13.0 Å². The highest BCUT2D eigenvalue weighted by atomic mass is 16.1. The molecular weight excluding hydrogens is 142 g/mol. The zero-order chi connectivity index (χ0) is 8.69. The van der Waals surface area contributed by atoms with Gasteiger partial charge >= 0.3 is 0 Å². The minimum Gasteiger partial charge on any atom is -0.308 e. The molecule has 11 heavy (non-hydrogen) atoms. The molecule has 0 fully saturated rings. The quantitative estimate of drug-likeness (QED) is 0.452. The van der Waals surface area contributed by atoms with Crippen LogP contribution < -0.4 is 5.32 Å². The average molecular weight is 157 g/mol. The SMILES string of the molecule is CCCNC(C)C(=O)CC=O. The van der Waals surface area contributed by atoms with E-state index in [1.54, 1.807) is 6.92 Å². The summed E-state index contributed by atoms with van der Waals surface area (Å²) in [6.45, 7) is 4.64. The molecule has 0 aromatic heterocycles. The highest BCUT2D eigenvalue weighted by Gasteiger charge is 2.09. The van der Waals surface area contributed by atoms with Crippen molar-refractivity contribution in [1.82, 2.24) is 5.32 Å². The van der Waals surface area contributed by atoms with Gasteiger partial charge in [0.1, 0.15) is 6.29 Å². The second-order valence-corrected chi connectivity index (χ2v) is 2.51. The smallest absolute Gasteiger partial charge is 0.156 e. The van der Waals surface area contributed by atoms with Crippen LogP contribution in [0.15, 0.2) is 0 Å². The van der Waals surface area contributed by atoms with E-state index in [1.165, 1.54) is 0 Å². The zero-order valence-corrected chi connectivity index (χ0v) is 7.09. The molecule has 0 amide bonds.